The van der Waals surface area contributed by atoms with Crippen LogP contribution in [-0.4, -0.2) is 38.1 Å². The van der Waals surface area contributed by atoms with Crippen LogP contribution in [0, 0.1) is 11.8 Å². The van der Waals surface area contributed by atoms with E-state index in [1.165, 1.54) is 32.4 Å². The van der Waals surface area contributed by atoms with Gasteiger partial charge in [-0.05, 0) is 51.7 Å². The molecule has 0 aromatic carbocycles. The van der Waals surface area contributed by atoms with Crippen molar-refractivity contribution in [2.45, 2.75) is 25.3 Å². The second kappa shape index (κ2) is 3.35. The highest BCUT2D eigenvalue weighted by Gasteiger charge is 2.37. The molecular weight excluding hydrogens is 148 g/mol. The molecule has 2 heteroatoms. The average Bonchev–Trinajstić information content (AvgIpc) is 2.78. The fraction of sp³-hybridized carbons (Fsp3) is 1.00. The predicted molar refractivity (Wildman–Crippen MR) is 51.2 cm³/mol. The van der Waals surface area contributed by atoms with Gasteiger partial charge in [-0.25, -0.2) is 0 Å². The molecule has 0 radical (unpaired) electrons. The Hall–Kier alpha value is -0.0800. The monoisotopic (exact) mass is 168 g/mol. The summed E-state index contributed by atoms with van der Waals surface area (Å²) in [6.07, 6.45) is 4.33. The van der Waals surface area contributed by atoms with Crippen LogP contribution in [0.25, 0.3) is 0 Å². The van der Waals surface area contributed by atoms with Gasteiger partial charge < -0.3 is 10.2 Å². The van der Waals surface area contributed by atoms with Gasteiger partial charge in [-0.1, -0.05) is 0 Å². The number of nitrogens with one attached hydrogen (secondary N) is 1. The highest BCUT2D eigenvalue weighted by molar-refractivity contribution is 4.93. The second-order valence-electron chi connectivity index (χ2n) is 4.46. The van der Waals surface area contributed by atoms with E-state index in [2.05, 4.69) is 24.3 Å². The standard InChI is InChI=1S/C10H20N2/c1-11-10(8-3-4-8)9-5-6-12(2)7-9/h8-11H,3-7H2,1-2H3. The number of rotatable bonds is 3. The summed E-state index contributed by atoms with van der Waals surface area (Å²) >= 11 is 0. The smallest absolute Gasteiger partial charge is 0.0133 e. The molecule has 1 saturated carbocycles. The van der Waals surface area contributed by atoms with Crippen LogP contribution in [0.2, 0.25) is 0 Å². The SMILES string of the molecule is CNC(C1CC1)C1CCN(C)C1. The van der Waals surface area contributed by atoms with Crippen molar-refractivity contribution in [2.75, 3.05) is 27.2 Å². The predicted octanol–water partition coefficient (Wildman–Crippen LogP) is 0.936. The van der Waals surface area contributed by atoms with Gasteiger partial charge in [0.2, 0.25) is 0 Å². The van der Waals surface area contributed by atoms with E-state index in [1.54, 1.807) is 0 Å². The van der Waals surface area contributed by atoms with Crippen LogP contribution >= 0.6 is 0 Å². The lowest BCUT2D eigenvalue weighted by Crippen LogP contribution is -2.36. The van der Waals surface area contributed by atoms with Crippen molar-refractivity contribution >= 4 is 0 Å². The minimum absolute atomic E-state index is 0.815. The lowest BCUT2D eigenvalue weighted by molar-refractivity contribution is 0.323. The number of hydrogen-bond donors (Lipinski definition) is 1. The first kappa shape index (κ1) is 8.52. The third-order valence-corrected chi connectivity index (χ3v) is 3.40. The van der Waals surface area contributed by atoms with Gasteiger partial charge in [-0.3, -0.25) is 0 Å². The van der Waals surface area contributed by atoms with E-state index in [-0.39, 0.29) is 0 Å². The van der Waals surface area contributed by atoms with Crippen LogP contribution in [-0.2, 0) is 0 Å². The van der Waals surface area contributed by atoms with E-state index >= 15 is 0 Å². The molecule has 2 atom stereocenters. The van der Waals surface area contributed by atoms with Gasteiger partial charge >= 0.3 is 0 Å². The van der Waals surface area contributed by atoms with Gasteiger partial charge in [0.05, 0.1) is 0 Å². The lowest BCUT2D eigenvalue weighted by atomic mass is 9.95. The number of likely N-dealkylation sites (tertiary alicyclic amines) is 1. The van der Waals surface area contributed by atoms with Crippen molar-refractivity contribution in [1.82, 2.24) is 10.2 Å². The van der Waals surface area contributed by atoms with E-state index in [1.807, 2.05) is 0 Å². The Labute approximate surface area is 75.3 Å². The first-order chi connectivity index (χ1) is 5.81. The number of nitrogens with zero attached hydrogens (tertiary/aromatic N) is 1. The molecule has 12 heavy (non-hydrogen) atoms. The fourth-order valence-corrected chi connectivity index (χ4v) is 2.57. The molecule has 2 fully saturated rings. The summed E-state index contributed by atoms with van der Waals surface area (Å²) in [6, 6.07) is 0.815. The topological polar surface area (TPSA) is 15.3 Å². The van der Waals surface area contributed by atoms with Crippen LogP contribution in [0.4, 0.5) is 0 Å². The molecule has 1 aliphatic heterocycles. The third kappa shape index (κ3) is 1.64. The molecule has 0 aromatic rings. The van der Waals surface area contributed by atoms with Crippen molar-refractivity contribution in [2.24, 2.45) is 11.8 Å². The summed E-state index contributed by atoms with van der Waals surface area (Å²) < 4.78 is 0. The van der Waals surface area contributed by atoms with Crippen molar-refractivity contribution in [3.8, 4) is 0 Å². The summed E-state index contributed by atoms with van der Waals surface area (Å²) in [5, 5.41) is 3.50. The summed E-state index contributed by atoms with van der Waals surface area (Å²) in [4.78, 5) is 2.46. The quantitative estimate of drug-likeness (QED) is 0.674. The minimum Gasteiger partial charge on any atom is -0.316 e. The Morgan fingerprint density at radius 1 is 1.25 bits per heavy atom. The zero-order valence-corrected chi connectivity index (χ0v) is 8.21. The highest BCUT2D eigenvalue weighted by Crippen LogP contribution is 2.37. The largest absolute Gasteiger partial charge is 0.316 e. The molecule has 2 unspecified atom stereocenters. The third-order valence-electron chi connectivity index (χ3n) is 3.40. The summed E-state index contributed by atoms with van der Waals surface area (Å²) in [7, 11) is 4.36. The fourth-order valence-electron chi connectivity index (χ4n) is 2.57. The Bertz CT molecular complexity index is 154. The van der Waals surface area contributed by atoms with E-state index in [0.717, 1.165) is 17.9 Å². The molecule has 0 spiro atoms. The van der Waals surface area contributed by atoms with Crippen molar-refractivity contribution in [1.29, 1.82) is 0 Å². The average molecular weight is 168 g/mol. The molecule has 1 aliphatic carbocycles. The van der Waals surface area contributed by atoms with Crippen LogP contribution in [0.3, 0.4) is 0 Å². The van der Waals surface area contributed by atoms with E-state index in [9.17, 15) is 0 Å². The summed E-state index contributed by atoms with van der Waals surface area (Å²) in [5.74, 6) is 1.93. The molecule has 0 amide bonds. The van der Waals surface area contributed by atoms with Crippen molar-refractivity contribution in [3.05, 3.63) is 0 Å². The van der Waals surface area contributed by atoms with Gasteiger partial charge in [0.1, 0.15) is 0 Å². The van der Waals surface area contributed by atoms with Crippen LogP contribution < -0.4 is 5.32 Å². The summed E-state index contributed by atoms with van der Waals surface area (Å²) in [5.41, 5.74) is 0. The molecule has 0 aromatic heterocycles. The lowest BCUT2D eigenvalue weighted by Gasteiger charge is -2.22. The highest BCUT2D eigenvalue weighted by atomic mass is 15.1. The Morgan fingerprint density at radius 2 is 2.00 bits per heavy atom. The van der Waals surface area contributed by atoms with E-state index < -0.39 is 0 Å². The maximum absolute atomic E-state index is 3.50. The van der Waals surface area contributed by atoms with Gasteiger partial charge in [-0.2, -0.15) is 0 Å². The van der Waals surface area contributed by atoms with E-state index in [4.69, 9.17) is 0 Å². The molecular formula is C10H20N2. The molecule has 2 rings (SSSR count). The van der Waals surface area contributed by atoms with Crippen LogP contribution in [0.1, 0.15) is 19.3 Å². The van der Waals surface area contributed by atoms with Crippen LogP contribution in [0.15, 0.2) is 0 Å². The van der Waals surface area contributed by atoms with Gasteiger partial charge in [0.15, 0.2) is 0 Å². The maximum atomic E-state index is 3.50. The normalized spacial score (nSPS) is 34.0. The van der Waals surface area contributed by atoms with Crippen molar-refractivity contribution in [3.63, 3.8) is 0 Å². The first-order valence-corrected chi connectivity index (χ1v) is 5.17. The van der Waals surface area contributed by atoms with Gasteiger partial charge in [-0.15, -0.1) is 0 Å². The Balaban J connectivity index is 1.88. The Morgan fingerprint density at radius 3 is 2.42 bits per heavy atom. The first-order valence-electron chi connectivity index (χ1n) is 5.17. The molecule has 1 N–H and O–H groups in total. The molecule has 2 nitrogen and oxygen atoms in total. The van der Waals surface area contributed by atoms with Crippen molar-refractivity contribution < 1.29 is 0 Å². The molecule has 2 aliphatic rings. The second-order valence-corrected chi connectivity index (χ2v) is 4.46. The zero-order chi connectivity index (χ0) is 8.55. The molecule has 1 heterocycles. The van der Waals surface area contributed by atoms with E-state index in [0.29, 0.717) is 0 Å². The molecule has 1 saturated heterocycles. The van der Waals surface area contributed by atoms with Gasteiger partial charge in [0, 0.05) is 12.6 Å². The minimum atomic E-state index is 0.815. The Kier molecular flexibility index (Phi) is 2.37. The van der Waals surface area contributed by atoms with Gasteiger partial charge in [0.25, 0.3) is 0 Å². The molecule has 0 bridgehead atoms. The summed E-state index contributed by atoms with van der Waals surface area (Å²) in [6.45, 7) is 2.61. The molecule has 70 valence electrons. The number of hydrogen-bond acceptors (Lipinski definition) is 2. The maximum Gasteiger partial charge on any atom is 0.0133 e. The van der Waals surface area contributed by atoms with Crippen LogP contribution in [0.5, 0.6) is 0 Å². The zero-order valence-electron chi connectivity index (χ0n) is 8.21.